The SMILES string of the molecule is CC(C)(C)NCc1cn(CCN2CCCOCC2)nn1. The predicted octanol–water partition coefficient (Wildman–Crippen LogP) is 0.889. The van der Waals surface area contributed by atoms with Gasteiger partial charge in [-0.1, -0.05) is 5.21 Å². The van der Waals surface area contributed by atoms with E-state index in [1.165, 1.54) is 0 Å². The zero-order valence-electron chi connectivity index (χ0n) is 12.9. The molecule has 0 spiro atoms. The number of aromatic nitrogens is 3. The van der Waals surface area contributed by atoms with Crippen molar-refractivity contribution in [1.29, 1.82) is 0 Å². The molecule has 0 bridgehead atoms. The summed E-state index contributed by atoms with van der Waals surface area (Å²) in [5.41, 5.74) is 1.11. The van der Waals surface area contributed by atoms with Crippen molar-refractivity contribution >= 4 is 0 Å². The number of hydrogen-bond acceptors (Lipinski definition) is 5. The van der Waals surface area contributed by atoms with Gasteiger partial charge in [0.1, 0.15) is 0 Å². The molecule has 0 atom stereocenters. The molecule has 0 amide bonds. The monoisotopic (exact) mass is 281 g/mol. The van der Waals surface area contributed by atoms with Gasteiger partial charge < -0.3 is 10.1 Å². The van der Waals surface area contributed by atoms with E-state index in [0.29, 0.717) is 0 Å². The number of ether oxygens (including phenoxy) is 1. The fourth-order valence-corrected chi connectivity index (χ4v) is 2.15. The number of nitrogens with one attached hydrogen (secondary N) is 1. The van der Waals surface area contributed by atoms with Crippen molar-refractivity contribution < 1.29 is 4.74 Å². The molecule has 1 aromatic rings. The molecule has 0 radical (unpaired) electrons. The Labute approximate surface area is 121 Å². The molecule has 1 N–H and O–H groups in total. The molecule has 0 unspecified atom stereocenters. The lowest BCUT2D eigenvalue weighted by atomic mass is 10.1. The van der Waals surface area contributed by atoms with Crippen molar-refractivity contribution in [2.45, 2.75) is 45.8 Å². The van der Waals surface area contributed by atoms with Crippen LogP contribution in [0.4, 0.5) is 0 Å². The van der Waals surface area contributed by atoms with Crippen molar-refractivity contribution in [3.05, 3.63) is 11.9 Å². The minimum absolute atomic E-state index is 0.107. The third-order valence-electron chi connectivity index (χ3n) is 3.35. The Hall–Kier alpha value is -0.980. The molecular weight excluding hydrogens is 254 g/mol. The summed E-state index contributed by atoms with van der Waals surface area (Å²) in [7, 11) is 0. The van der Waals surface area contributed by atoms with Crippen LogP contribution in [-0.4, -0.2) is 58.3 Å². The molecule has 1 fully saturated rings. The van der Waals surface area contributed by atoms with Gasteiger partial charge in [0.25, 0.3) is 0 Å². The van der Waals surface area contributed by atoms with Crippen LogP contribution < -0.4 is 5.32 Å². The van der Waals surface area contributed by atoms with Gasteiger partial charge in [0, 0.05) is 44.5 Å². The van der Waals surface area contributed by atoms with Crippen LogP contribution in [0.25, 0.3) is 0 Å². The summed E-state index contributed by atoms with van der Waals surface area (Å²) >= 11 is 0. The van der Waals surface area contributed by atoms with Crippen LogP contribution in [-0.2, 0) is 17.8 Å². The third-order valence-corrected chi connectivity index (χ3v) is 3.35. The minimum atomic E-state index is 0.107. The molecule has 1 aliphatic rings. The standard InChI is InChI=1S/C14H27N5O/c1-14(2,3)15-11-13-12-19(17-16-13)7-6-18-5-4-9-20-10-8-18/h12,15H,4-11H2,1-3H3. The molecule has 20 heavy (non-hydrogen) atoms. The smallest absolute Gasteiger partial charge is 0.0965 e. The molecule has 2 rings (SSSR count). The molecule has 1 saturated heterocycles. The van der Waals surface area contributed by atoms with E-state index >= 15 is 0 Å². The van der Waals surface area contributed by atoms with Crippen molar-refractivity contribution in [3.8, 4) is 0 Å². The van der Waals surface area contributed by atoms with Crippen LogP contribution >= 0.6 is 0 Å². The van der Waals surface area contributed by atoms with E-state index in [1.807, 2.05) is 10.9 Å². The van der Waals surface area contributed by atoms with E-state index in [9.17, 15) is 0 Å². The summed E-state index contributed by atoms with van der Waals surface area (Å²) in [4.78, 5) is 2.43. The van der Waals surface area contributed by atoms with Gasteiger partial charge in [-0.15, -0.1) is 5.10 Å². The second-order valence-corrected chi connectivity index (χ2v) is 6.38. The average Bonchev–Trinajstić information content (AvgIpc) is 2.68. The second kappa shape index (κ2) is 7.15. The van der Waals surface area contributed by atoms with Gasteiger partial charge >= 0.3 is 0 Å². The van der Waals surface area contributed by atoms with Crippen LogP contribution in [0.5, 0.6) is 0 Å². The Morgan fingerprint density at radius 1 is 1.25 bits per heavy atom. The fraction of sp³-hybridized carbons (Fsp3) is 0.857. The van der Waals surface area contributed by atoms with Gasteiger partial charge in [0.2, 0.25) is 0 Å². The first kappa shape index (κ1) is 15.4. The molecule has 114 valence electrons. The maximum Gasteiger partial charge on any atom is 0.0965 e. The Morgan fingerprint density at radius 3 is 2.90 bits per heavy atom. The topological polar surface area (TPSA) is 55.2 Å². The predicted molar refractivity (Wildman–Crippen MR) is 78.5 cm³/mol. The third kappa shape index (κ3) is 5.56. The quantitative estimate of drug-likeness (QED) is 0.868. The zero-order chi connectivity index (χ0) is 14.4. The molecule has 0 aromatic carbocycles. The fourth-order valence-electron chi connectivity index (χ4n) is 2.15. The summed E-state index contributed by atoms with van der Waals surface area (Å²) in [5, 5.41) is 11.8. The van der Waals surface area contributed by atoms with Crippen LogP contribution in [0, 0.1) is 0 Å². The highest BCUT2D eigenvalue weighted by atomic mass is 16.5. The summed E-state index contributed by atoms with van der Waals surface area (Å²) in [6, 6.07) is 0. The maximum absolute atomic E-state index is 5.46. The maximum atomic E-state index is 5.46. The van der Waals surface area contributed by atoms with Crippen LogP contribution in [0.1, 0.15) is 32.9 Å². The zero-order valence-corrected chi connectivity index (χ0v) is 12.9. The molecule has 6 nitrogen and oxygen atoms in total. The van der Waals surface area contributed by atoms with E-state index in [-0.39, 0.29) is 5.54 Å². The number of nitrogens with zero attached hydrogens (tertiary/aromatic N) is 4. The van der Waals surface area contributed by atoms with E-state index < -0.39 is 0 Å². The lowest BCUT2D eigenvalue weighted by Crippen LogP contribution is -2.35. The van der Waals surface area contributed by atoms with Gasteiger partial charge in [-0.05, 0) is 27.2 Å². The van der Waals surface area contributed by atoms with Gasteiger partial charge in [0.15, 0.2) is 0 Å². The highest BCUT2D eigenvalue weighted by Gasteiger charge is 2.11. The van der Waals surface area contributed by atoms with E-state index in [4.69, 9.17) is 4.74 Å². The minimum Gasteiger partial charge on any atom is -0.380 e. The Kier molecular flexibility index (Phi) is 5.51. The summed E-state index contributed by atoms with van der Waals surface area (Å²) in [5.74, 6) is 0. The molecule has 1 aliphatic heterocycles. The van der Waals surface area contributed by atoms with E-state index in [1.54, 1.807) is 0 Å². The largest absolute Gasteiger partial charge is 0.380 e. The van der Waals surface area contributed by atoms with E-state index in [0.717, 1.165) is 58.1 Å². The highest BCUT2D eigenvalue weighted by molar-refractivity contribution is 4.93. The molecule has 1 aromatic heterocycles. The van der Waals surface area contributed by atoms with Crippen LogP contribution in [0.15, 0.2) is 6.20 Å². The summed E-state index contributed by atoms with van der Waals surface area (Å²) in [6.45, 7) is 13.0. The van der Waals surface area contributed by atoms with Crippen LogP contribution in [0.2, 0.25) is 0 Å². The summed E-state index contributed by atoms with van der Waals surface area (Å²) in [6.07, 6.45) is 3.16. The molecule has 6 heteroatoms. The Morgan fingerprint density at radius 2 is 2.10 bits per heavy atom. The molecule has 2 heterocycles. The van der Waals surface area contributed by atoms with Gasteiger partial charge in [0.05, 0.1) is 18.8 Å². The van der Waals surface area contributed by atoms with Crippen molar-refractivity contribution in [2.75, 3.05) is 32.8 Å². The highest BCUT2D eigenvalue weighted by Crippen LogP contribution is 2.03. The summed E-state index contributed by atoms with van der Waals surface area (Å²) < 4.78 is 7.40. The number of rotatable bonds is 5. The normalized spacial score (nSPS) is 18.1. The first-order valence-electron chi connectivity index (χ1n) is 7.47. The van der Waals surface area contributed by atoms with Gasteiger partial charge in [-0.2, -0.15) is 0 Å². The van der Waals surface area contributed by atoms with Gasteiger partial charge in [-0.3, -0.25) is 9.58 Å². The first-order valence-corrected chi connectivity index (χ1v) is 7.47. The van der Waals surface area contributed by atoms with Gasteiger partial charge in [-0.25, -0.2) is 0 Å². The van der Waals surface area contributed by atoms with Crippen molar-refractivity contribution in [3.63, 3.8) is 0 Å². The van der Waals surface area contributed by atoms with Crippen LogP contribution in [0.3, 0.4) is 0 Å². The molecule has 0 aliphatic carbocycles. The molecular formula is C14H27N5O. The van der Waals surface area contributed by atoms with E-state index in [2.05, 4.69) is 41.3 Å². The average molecular weight is 281 g/mol. The first-order chi connectivity index (χ1) is 9.53. The number of hydrogen-bond donors (Lipinski definition) is 1. The lowest BCUT2D eigenvalue weighted by Gasteiger charge is -2.19. The Balaban J connectivity index is 1.74. The van der Waals surface area contributed by atoms with Crippen molar-refractivity contribution in [1.82, 2.24) is 25.2 Å². The Bertz CT molecular complexity index is 391. The lowest BCUT2D eigenvalue weighted by molar-refractivity contribution is 0.140. The van der Waals surface area contributed by atoms with Crippen molar-refractivity contribution in [2.24, 2.45) is 0 Å². The molecule has 0 saturated carbocycles. The second-order valence-electron chi connectivity index (χ2n) is 6.38.